The van der Waals surface area contributed by atoms with Crippen LogP contribution in [0.3, 0.4) is 0 Å². The predicted octanol–water partition coefficient (Wildman–Crippen LogP) is 4.79. The van der Waals surface area contributed by atoms with E-state index in [4.69, 9.17) is 4.74 Å². The van der Waals surface area contributed by atoms with Gasteiger partial charge >= 0.3 is 12.0 Å². The van der Waals surface area contributed by atoms with E-state index < -0.39 is 42.7 Å². The summed E-state index contributed by atoms with van der Waals surface area (Å²) in [7, 11) is 0. The number of aliphatic hydroxyl groups is 1. The minimum atomic E-state index is -3.58. The summed E-state index contributed by atoms with van der Waals surface area (Å²) in [6.45, 7) is 7.64. The largest absolute Gasteiger partial charge is 0.434 e. The molecule has 41 heavy (non-hydrogen) atoms. The average Bonchev–Trinajstić information content (AvgIpc) is 3.34. The summed E-state index contributed by atoms with van der Waals surface area (Å²) in [5.41, 5.74) is 0.534. The Morgan fingerprint density at radius 2 is 1.73 bits per heavy atom. The lowest BCUT2D eigenvalue weighted by atomic mass is 9.93. The van der Waals surface area contributed by atoms with Crippen LogP contribution in [0.1, 0.15) is 75.7 Å². The smallest absolute Gasteiger partial charge is 0.408 e. The zero-order chi connectivity index (χ0) is 30.2. The molecule has 1 aliphatic heterocycles. The lowest BCUT2D eigenvalue weighted by Gasteiger charge is -2.29. The molecule has 1 fully saturated rings. The third-order valence-electron chi connectivity index (χ3n) is 7.21. The van der Waals surface area contributed by atoms with Crippen molar-refractivity contribution in [3.8, 4) is 0 Å². The van der Waals surface area contributed by atoms with E-state index in [-0.39, 0.29) is 47.6 Å². The van der Waals surface area contributed by atoms with Crippen molar-refractivity contribution in [1.29, 1.82) is 0 Å². The van der Waals surface area contributed by atoms with E-state index in [1.54, 1.807) is 30.3 Å². The Morgan fingerprint density at radius 3 is 2.32 bits per heavy atom. The lowest BCUT2D eigenvalue weighted by molar-refractivity contribution is -0.128. The van der Waals surface area contributed by atoms with Gasteiger partial charge in [0, 0.05) is 18.0 Å². The second-order valence-electron chi connectivity index (χ2n) is 11.3. The molecule has 4 N–H and O–H groups in total. The summed E-state index contributed by atoms with van der Waals surface area (Å²) >= 11 is 0. The maximum absolute atomic E-state index is 16.0. The van der Waals surface area contributed by atoms with Crippen molar-refractivity contribution in [2.45, 2.75) is 77.0 Å². The normalized spacial score (nSPS) is 17.6. The number of hydrogen-bond donors (Lipinski definition) is 4. The molecule has 0 spiro atoms. The summed E-state index contributed by atoms with van der Waals surface area (Å²) in [5.74, 6) is -4.67. The van der Waals surface area contributed by atoms with E-state index in [1.807, 2.05) is 27.7 Å². The fraction of sp³-hybridized carbons (Fsp3) is 0.516. The molecule has 0 bridgehead atoms. The van der Waals surface area contributed by atoms with Crippen molar-refractivity contribution >= 4 is 17.9 Å². The molecule has 0 radical (unpaired) electrons. The molecule has 3 amide bonds. The first-order valence-corrected chi connectivity index (χ1v) is 14.1. The monoisotopic (exact) mass is 573 g/mol. The Labute approximate surface area is 240 Å². The molecule has 1 aliphatic rings. The van der Waals surface area contributed by atoms with Gasteiger partial charge in [-0.05, 0) is 48.3 Å². The summed E-state index contributed by atoms with van der Waals surface area (Å²) in [4.78, 5) is 38.2. The van der Waals surface area contributed by atoms with Gasteiger partial charge in [0.05, 0.1) is 12.6 Å². The van der Waals surface area contributed by atoms with Gasteiger partial charge in [-0.3, -0.25) is 9.59 Å². The molecule has 8 nitrogen and oxygen atoms in total. The first kappa shape index (κ1) is 32.0. The molecule has 1 saturated heterocycles. The molecule has 3 rings (SSSR count). The molecular formula is C31H41F2N3O5. The van der Waals surface area contributed by atoms with Gasteiger partial charge in [-0.2, -0.15) is 8.78 Å². The average molecular weight is 574 g/mol. The van der Waals surface area contributed by atoms with Gasteiger partial charge in [0.15, 0.2) is 6.10 Å². The molecule has 0 unspecified atom stereocenters. The number of amides is 3. The Bertz CT molecular complexity index is 1180. The van der Waals surface area contributed by atoms with Crippen molar-refractivity contribution in [2.75, 3.05) is 13.2 Å². The maximum atomic E-state index is 16.0. The van der Waals surface area contributed by atoms with E-state index in [2.05, 4.69) is 16.0 Å². The molecule has 2 aromatic rings. The molecule has 0 aromatic heterocycles. The number of ether oxygens (including phenoxy) is 1. The summed E-state index contributed by atoms with van der Waals surface area (Å²) in [6.07, 6.45) is -2.09. The number of alkyl carbamates (subject to hydrolysis) is 1. The van der Waals surface area contributed by atoms with Crippen LogP contribution in [-0.2, 0) is 20.2 Å². The molecular weight excluding hydrogens is 532 g/mol. The summed E-state index contributed by atoms with van der Waals surface area (Å²) < 4.78 is 37.4. The highest BCUT2D eigenvalue weighted by molar-refractivity contribution is 5.86. The summed E-state index contributed by atoms with van der Waals surface area (Å²) in [5, 5.41) is 17.7. The van der Waals surface area contributed by atoms with E-state index in [0.717, 1.165) is 5.56 Å². The second-order valence-corrected chi connectivity index (χ2v) is 11.3. The van der Waals surface area contributed by atoms with E-state index >= 15 is 8.78 Å². The number of rotatable bonds is 13. The van der Waals surface area contributed by atoms with E-state index in [0.29, 0.717) is 13.0 Å². The van der Waals surface area contributed by atoms with Gasteiger partial charge in [0.1, 0.15) is 6.04 Å². The zero-order valence-electron chi connectivity index (χ0n) is 24.0. The number of carbonyl (C=O) groups is 3. The van der Waals surface area contributed by atoms with Gasteiger partial charge in [0.2, 0.25) is 11.8 Å². The maximum Gasteiger partial charge on any atom is 0.408 e. The van der Waals surface area contributed by atoms with Crippen LogP contribution in [-0.4, -0.2) is 48.2 Å². The fourth-order valence-corrected chi connectivity index (χ4v) is 4.92. The van der Waals surface area contributed by atoms with Crippen LogP contribution in [0, 0.1) is 11.8 Å². The predicted molar refractivity (Wildman–Crippen MR) is 151 cm³/mol. The topological polar surface area (TPSA) is 117 Å². The number of nitrogens with one attached hydrogen (secondary N) is 3. The van der Waals surface area contributed by atoms with Crippen molar-refractivity contribution < 1.29 is 33.0 Å². The van der Waals surface area contributed by atoms with Crippen molar-refractivity contribution in [3.05, 3.63) is 71.3 Å². The van der Waals surface area contributed by atoms with Gasteiger partial charge in [-0.25, -0.2) is 4.79 Å². The number of benzene rings is 2. The van der Waals surface area contributed by atoms with Crippen LogP contribution < -0.4 is 16.0 Å². The molecule has 1 heterocycles. The number of alkyl halides is 2. The third-order valence-corrected chi connectivity index (χ3v) is 7.21. The van der Waals surface area contributed by atoms with E-state index in [9.17, 15) is 19.5 Å². The fourth-order valence-electron chi connectivity index (χ4n) is 4.92. The molecule has 4 atom stereocenters. The number of aliphatic hydroxyl groups excluding tert-OH is 1. The van der Waals surface area contributed by atoms with Crippen molar-refractivity contribution in [1.82, 2.24) is 16.0 Å². The van der Waals surface area contributed by atoms with Gasteiger partial charge < -0.3 is 25.8 Å². The molecule has 0 saturated carbocycles. The minimum absolute atomic E-state index is 0.0197. The van der Waals surface area contributed by atoms with Crippen molar-refractivity contribution in [3.63, 3.8) is 0 Å². The van der Waals surface area contributed by atoms with Crippen LogP contribution in [0.15, 0.2) is 54.6 Å². The van der Waals surface area contributed by atoms with Crippen LogP contribution in [0.4, 0.5) is 13.6 Å². The van der Waals surface area contributed by atoms with Crippen LogP contribution >= 0.6 is 0 Å². The first-order chi connectivity index (χ1) is 19.4. The highest BCUT2D eigenvalue weighted by Crippen LogP contribution is 2.43. The SMILES string of the molecule is CC(C)C[C@H](NC(=O)O[C@@H](c1ccccc1)C(F)(F)c1cccc(C(C)C)c1)C(=O)N[C@H](CO)C[C@@H]1CCNC1=O. The second kappa shape index (κ2) is 14.4. The summed E-state index contributed by atoms with van der Waals surface area (Å²) in [6, 6.07) is 12.0. The van der Waals surface area contributed by atoms with Crippen LogP contribution in [0.25, 0.3) is 0 Å². The zero-order valence-corrected chi connectivity index (χ0v) is 24.0. The molecule has 2 aromatic carbocycles. The molecule has 0 aliphatic carbocycles. The van der Waals surface area contributed by atoms with Gasteiger partial charge in [-0.15, -0.1) is 0 Å². The third kappa shape index (κ3) is 8.73. The Balaban J connectivity index is 1.80. The number of halogens is 2. The minimum Gasteiger partial charge on any atom is -0.434 e. The Morgan fingerprint density at radius 1 is 1.05 bits per heavy atom. The lowest BCUT2D eigenvalue weighted by Crippen LogP contribution is -2.52. The Kier molecular flexibility index (Phi) is 11.2. The highest BCUT2D eigenvalue weighted by atomic mass is 19.3. The molecule has 10 heteroatoms. The first-order valence-electron chi connectivity index (χ1n) is 14.1. The quantitative estimate of drug-likeness (QED) is 0.275. The van der Waals surface area contributed by atoms with Crippen LogP contribution in [0.2, 0.25) is 0 Å². The van der Waals surface area contributed by atoms with E-state index in [1.165, 1.54) is 24.3 Å². The highest BCUT2D eigenvalue weighted by Gasteiger charge is 2.46. The Hall–Kier alpha value is -3.53. The number of hydrogen-bond acceptors (Lipinski definition) is 5. The molecule has 224 valence electrons. The standard InChI is InChI=1S/C31H41F2N3O5/c1-19(2)15-26(29(39)35-25(18-37)17-23-13-14-34-28(23)38)36-30(40)41-27(21-9-6-5-7-10-21)31(32,33)24-12-8-11-22(16-24)20(3)4/h5-12,16,19-20,23,25-27,37H,13-15,17-18H2,1-4H3,(H,34,38)(H,35,39)(H,36,40)/t23-,25-,26-,27-/m0/s1. The van der Waals surface area contributed by atoms with Crippen LogP contribution in [0.5, 0.6) is 0 Å². The van der Waals surface area contributed by atoms with Gasteiger partial charge in [0.25, 0.3) is 0 Å². The van der Waals surface area contributed by atoms with Gasteiger partial charge in [-0.1, -0.05) is 76.2 Å². The number of carbonyl (C=O) groups excluding carboxylic acids is 3. The van der Waals surface area contributed by atoms with Crippen molar-refractivity contribution in [2.24, 2.45) is 11.8 Å².